The van der Waals surface area contributed by atoms with E-state index in [2.05, 4.69) is 20.8 Å². The topological polar surface area (TPSA) is 77.8 Å². The van der Waals surface area contributed by atoms with Crippen molar-refractivity contribution >= 4 is 10.0 Å². The number of sulfonamides is 1. The van der Waals surface area contributed by atoms with Crippen LogP contribution in [0.4, 0.5) is 0 Å². The van der Waals surface area contributed by atoms with Gasteiger partial charge in [0.1, 0.15) is 0 Å². The summed E-state index contributed by atoms with van der Waals surface area (Å²) in [5.74, 6) is 0. The Kier molecular flexibility index (Phi) is 5.92. The molecule has 6 heteroatoms. The quantitative estimate of drug-likeness (QED) is 0.796. The highest BCUT2D eigenvalue weighted by Crippen LogP contribution is 2.27. The van der Waals surface area contributed by atoms with Gasteiger partial charge in [-0.05, 0) is 29.5 Å². The van der Waals surface area contributed by atoms with Crippen molar-refractivity contribution in [2.75, 3.05) is 20.2 Å². The largest absolute Gasteiger partial charge is 0.394 e. The van der Waals surface area contributed by atoms with E-state index in [0.29, 0.717) is 0 Å². The molecule has 5 nitrogen and oxygen atoms in total. The lowest BCUT2D eigenvalue weighted by Gasteiger charge is -2.24. The van der Waals surface area contributed by atoms with Crippen LogP contribution < -0.4 is 0 Å². The lowest BCUT2D eigenvalue weighted by Crippen LogP contribution is -2.35. The average molecular weight is 315 g/mol. The summed E-state index contributed by atoms with van der Waals surface area (Å²) in [6.45, 7) is 5.71. The minimum atomic E-state index is -3.65. The second-order valence-corrected chi connectivity index (χ2v) is 7.93. The lowest BCUT2D eigenvalue weighted by atomic mass is 9.82. The van der Waals surface area contributed by atoms with Gasteiger partial charge in [-0.15, -0.1) is 0 Å². The smallest absolute Gasteiger partial charge is 0.242 e. The Hall–Kier alpha value is -0.950. The second-order valence-electron chi connectivity index (χ2n) is 5.88. The second kappa shape index (κ2) is 6.87. The molecule has 0 aliphatic carbocycles. The van der Waals surface area contributed by atoms with Crippen LogP contribution in [0.3, 0.4) is 0 Å². The van der Waals surface area contributed by atoms with Gasteiger partial charge in [0, 0.05) is 13.6 Å². The molecule has 0 saturated carbocycles. The summed E-state index contributed by atoms with van der Waals surface area (Å²) < 4.78 is 25.7. The third-order valence-corrected chi connectivity index (χ3v) is 5.74. The molecule has 1 aromatic carbocycles. The maximum absolute atomic E-state index is 12.3. The number of aliphatic hydroxyl groups is 2. The van der Waals surface area contributed by atoms with Crippen LogP contribution in [0.2, 0.25) is 0 Å². The Labute approximate surface area is 127 Å². The van der Waals surface area contributed by atoms with Gasteiger partial charge in [-0.25, -0.2) is 8.42 Å². The molecule has 120 valence electrons. The molecule has 0 aliphatic heterocycles. The van der Waals surface area contributed by atoms with E-state index in [4.69, 9.17) is 5.11 Å². The zero-order valence-corrected chi connectivity index (χ0v) is 13.9. The minimum absolute atomic E-state index is 0.00127. The zero-order valence-electron chi connectivity index (χ0n) is 13.1. The SMILES string of the molecule is CCC(C)(C)c1ccc(S(=O)(=O)N(C)CC(O)CO)cc1. The number of aliphatic hydroxyl groups excluding tert-OH is 2. The summed E-state index contributed by atoms with van der Waals surface area (Å²) in [6, 6.07) is 6.83. The van der Waals surface area contributed by atoms with Gasteiger partial charge < -0.3 is 10.2 Å². The summed E-state index contributed by atoms with van der Waals surface area (Å²) in [7, 11) is -2.26. The van der Waals surface area contributed by atoms with Crippen molar-refractivity contribution in [2.45, 2.75) is 43.6 Å². The Morgan fingerprint density at radius 3 is 2.19 bits per heavy atom. The van der Waals surface area contributed by atoms with Gasteiger partial charge in [-0.3, -0.25) is 0 Å². The van der Waals surface area contributed by atoms with Crippen LogP contribution in [0.5, 0.6) is 0 Å². The third-order valence-electron chi connectivity index (χ3n) is 3.91. The van der Waals surface area contributed by atoms with Crippen LogP contribution >= 0.6 is 0 Å². The number of rotatable bonds is 7. The van der Waals surface area contributed by atoms with Crippen molar-refractivity contribution in [3.05, 3.63) is 29.8 Å². The van der Waals surface area contributed by atoms with Crippen LogP contribution in [0.1, 0.15) is 32.8 Å². The maximum atomic E-state index is 12.3. The Morgan fingerprint density at radius 2 is 1.76 bits per heavy atom. The predicted molar refractivity (Wildman–Crippen MR) is 82.7 cm³/mol. The molecule has 1 rings (SSSR count). The first-order valence-electron chi connectivity index (χ1n) is 7.01. The molecule has 0 spiro atoms. The first kappa shape index (κ1) is 18.1. The van der Waals surface area contributed by atoms with E-state index in [1.807, 2.05) is 12.1 Å². The van der Waals surface area contributed by atoms with Gasteiger partial charge >= 0.3 is 0 Å². The predicted octanol–water partition coefficient (Wildman–Crippen LogP) is 1.35. The van der Waals surface area contributed by atoms with Gasteiger partial charge in [0.15, 0.2) is 0 Å². The molecular formula is C15H25NO4S. The van der Waals surface area contributed by atoms with Gasteiger partial charge in [0.25, 0.3) is 0 Å². The third kappa shape index (κ3) is 4.26. The normalized spacial score (nSPS) is 14.4. The average Bonchev–Trinajstić information content (AvgIpc) is 2.47. The van der Waals surface area contributed by atoms with E-state index >= 15 is 0 Å². The van der Waals surface area contributed by atoms with Gasteiger partial charge in [-0.2, -0.15) is 4.31 Å². The molecule has 0 saturated heterocycles. The number of hydrogen-bond donors (Lipinski definition) is 2. The summed E-state index contributed by atoms with van der Waals surface area (Å²) in [6.07, 6.45) is -0.120. The van der Waals surface area contributed by atoms with Crippen molar-refractivity contribution in [1.82, 2.24) is 4.31 Å². The molecule has 2 N–H and O–H groups in total. The first-order chi connectivity index (χ1) is 9.65. The van der Waals surface area contributed by atoms with Crippen LogP contribution in [-0.4, -0.2) is 49.2 Å². The van der Waals surface area contributed by atoms with E-state index in [1.54, 1.807) is 12.1 Å². The fourth-order valence-electron chi connectivity index (χ4n) is 1.91. The lowest BCUT2D eigenvalue weighted by molar-refractivity contribution is 0.0826. The fourth-order valence-corrected chi connectivity index (χ4v) is 3.12. The minimum Gasteiger partial charge on any atom is -0.394 e. The number of benzene rings is 1. The van der Waals surface area contributed by atoms with Crippen LogP contribution in [-0.2, 0) is 15.4 Å². The standard InChI is InChI=1S/C15H25NO4S/c1-5-15(2,3)12-6-8-14(9-7-12)21(19,20)16(4)10-13(18)11-17/h6-9,13,17-18H,5,10-11H2,1-4H3. The Morgan fingerprint density at radius 1 is 1.24 bits per heavy atom. The highest BCUT2D eigenvalue weighted by Gasteiger charge is 2.24. The molecule has 21 heavy (non-hydrogen) atoms. The Bertz CT molecular complexity index is 552. The van der Waals surface area contributed by atoms with Crippen molar-refractivity contribution in [1.29, 1.82) is 0 Å². The van der Waals surface area contributed by atoms with Crippen LogP contribution in [0.25, 0.3) is 0 Å². The first-order valence-corrected chi connectivity index (χ1v) is 8.45. The molecule has 1 aromatic rings. The number of likely N-dealkylation sites (N-methyl/N-ethyl adjacent to an activating group) is 1. The van der Waals surface area contributed by atoms with E-state index < -0.39 is 22.7 Å². The van der Waals surface area contributed by atoms with Crippen molar-refractivity contribution in [3.8, 4) is 0 Å². The van der Waals surface area contributed by atoms with Crippen LogP contribution in [0.15, 0.2) is 29.2 Å². The number of hydrogen-bond acceptors (Lipinski definition) is 4. The highest BCUT2D eigenvalue weighted by atomic mass is 32.2. The summed E-state index contributed by atoms with van der Waals surface area (Å²) in [5, 5.41) is 18.2. The van der Waals surface area contributed by atoms with Crippen LogP contribution in [0, 0.1) is 0 Å². The molecule has 0 bridgehead atoms. The molecule has 0 radical (unpaired) electrons. The fraction of sp³-hybridized carbons (Fsp3) is 0.600. The van der Waals surface area contributed by atoms with E-state index in [9.17, 15) is 13.5 Å². The summed E-state index contributed by atoms with van der Waals surface area (Å²) in [4.78, 5) is 0.186. The van der Waals surface area contributed by atoms with Crippen molar-refractivity contribution in [3.63, 3.8) is 0 Å². The summed E-state index contributed by atoms with van der Waals surface area (Å²) in [5.41, 5.74) is 1.09. The molecule has 0 aliphatic rings. The molecule has 0 aromatic heterocycles. The molecule has 0 fully saturated rings. The molecular weight excluding hydrogens is 290 g/mol. The molecule has 0 heterocycles. The van der Waals surface area contributed by atoms with E-state index in [-0.39, 0.29) is 16.9 Å². The molecule has 1 unspecified atom stereocenters. The van der Waals surface area contributed by atoms with Gasteiger partial charge in [0.2, 0.25) is 10.0 Å². The maximum Gasteiger partial charge on any atom is 0.242 e. The van der Waals surface area contributed by atoms with Gasteiger partial charge in [0.05, 0.1) is 17.6 Å². The highest BCUT2D eigenvalue weighted by molar-refractivity contribution is 7.89. The van der Waals surface area contributed by atoms with Crippen molar-refractivity contribution in [2.24, 2.45) is 0 Å². The number of nitrogens with zero attached hydrogens (tertiary/aromatic N) is 1. The molecule has 0 amide bonds. The monoisotopic (exact) mass is 315 g/mol. The van der Waals surface area contributed by atoms with E-state index in [1.165, 1.54) is 7.05 Å². The summed E-state index contributed by atoms with van der Waals surface area (Å²) >= 11 is 0. The molecule has 1 atom stereocenters. The van der Waals surface area contributed by atoms with Crippen molar-refractivity contribution < 1.29 is 18.6 Å². The Balaban J connectivity index is 3.00. The zero-order chi connectivity index (χ0) is 16.3. The van der Waals surface area contributed by atoms with Gasteiger partial charge in [-0.1, -0.05) is 32.9 Å². The van der Waals surface area contributed by atoms with E-state index in [0.717, 1.165) is 16.3 Å².